The van der Waals surface area contributed by atoms with E-state index < -0.39 is 0 Å². The van der Waals surface area contributed by atoms with Crippen LogP contribution in [0.4, 0.5) is 0 Å². The fourth-order valence-electron chi connectivity index (χ4n) is 8.81. The second kappa shape index (κ2) is 17.8. The molecule has 0 aliphatic heterocycles. The first-order chi connectivity index (χ1) is 30.8. The third kappa shape index (κ3) is 10.0. The van der Waals surface area contributed by atoms with Crippen molar-refractivity contribution in [1.82, 2.24) is 14.5 Å². The fourth-order valence-corrected chi connectivity index (χ4v) is 8.81. The number of nitrogens with zero attached hydrogens (tertiary/aromatic N) is 3. The molecule has 5 heteroatoms. The molecule has 8 aromatic rings. The summed E-state index contributed by atoms with van der Waals surface area (Å²) in [4.78, 5) is 10.5. The Morgan fingerprint density at radius 1 is 0.463 bits per heavy atom. The topological polar surface area (TPSA) is 50.9 Å². The first kappa shape index (κ1) is 49.3. The van der Waals surface area contributed by atoms with Gasteiger partial charge in [-0.3, -0.25) is 9.55 Å². The maximum absolute atomic E-state index is 12.7. The smallest absolute Gasteiger partial charge is 0.148 e. The average Bonchev–Trinajstić information content (AvgIpc) is 3.64. The van der Waals surface area contributed by atoms with Crippen LogP contribution in [0.15, 0.2) is 134 Å². The van der Waals surface area contributed by atoms with Gasteiger partial charge in [-0.15, -0.1) is 29.8 Å². The predicted octanol–water partition coefficient (Wildman–Crippen LogP) is 16.7. The molecule has 4 nitrogen and oxygen atoms in total. The third-order valence-corrected chi connectivity index (χ3v) is 13.0. The first-order valence-corrected chi connectivity index (χ1v) is 23.5. The molecular formula is C62H68N3OPt-. The van der Waals surface area contributed by atoms with Crippen LogP contribution in [0.5, 0.6) is 5.75 Å². The molecule has 348 valence electrons. The summed E-state index contributed by atoms with van der Waals surface area (Å²) in [5.41, 5.74) is 16.5. The zero-order chi connectivity index (χ0) is 47.7. The quantitative estimate of drug-likeness (QED) is 0.169. The zero-order valence-corrected chi connectivity index (χ0v) is 44.6. The Labute approximate surface area is 415 Å². The van der Waals surface area contributed by atoms with E-state index in [9.17, 15) is 5.11 Å². The van der Waals surface area contributed by atoms with Crippen molar-refractivity contribution in [1.29, 1.82) is 0 Å². The molecule has 2 heterocycles. The van der Waals surface area contributed by atoms with Gasteiger partial charge in [-0.05, 0) is 102 Å². The average molecular weight is 1070 g/mol. The summed E-state index contributed by atoms with van der Waals surface area (Å²) in [5.74, 6) is 0.945. The number of pyridine rings is 1. The van der Waals surface area contributed by atoms with Crippen LogP contribution in [0, 0.1) is 6.07 Å². The van der Waals surface area contributed by atoms with Gasteiger partial charge in [0.1, 0.15) is 11.6 Å². The Bertz CT molecular complexity index is 3060. The second-order valence-electron chi connectivity index (χ2n) is 23.4. The molecule has 8 rings (SSSR count). The molecule has 0 saturated carbocycles. The van der Waals surface area contributed by atoms with Crippen LogP contribution in [-0.2, 0) is 48.1 Å². The van der Waals surface area contributed by atoms with E-state index in [-0.39, 0.29) is 53.9 Å². The van der Waals surface area contributed by atoms with E-state index in [1.807, 2.05) is 24.4 Å². The van der Waals surface area contributed by atoms with Gasteiger partial charge in [0.15, 0.2) is 0 Å². The van der Waals surface area contributed by atoms with Crippen molar-refractivity contribution < 1.29 is 26.2 Å². The van der Waals surface area contributed by atoms with E-state index in [2.05, 4.69) is 224 Å². The standard InChI is InChI=1S/C62H68N3O.Pt/c1-58(2,3)43-27-28-48(39-22-17-16-18-23-39)49(36-43)42-31-50(40-24-21-25-41(30-40)53-26-19-20-29-63-53)55-54(32-42)65(47-34-44(59(4,5)6)33-45(35-47)60(7,8)9)57(64-55)51-37-46(61(10,11)12)38-52(56(51)66)62(13,14)15;/h16-29,31-38,66H,1-15H3;/q-1;. The van der Waals surface area contributed by atoms with Crippen LogP contribution in [0.25, 0.3) is 72.7 Å². The number of aromatic hydroxyl groups is 1. The zero-order valence-electron chi connectivity index (χ0n) is 42.3. The number of imidazole rings is 1. The molecule has 1 N–H and O–H groups in total. The van der Waals surface area contributed by atoms with Gasteiger partial charge in [-0.1, -0.05) is 194 Å². The molecule has 6 aromatic carbocycles. The molecule has 2 aromatic heterocycles. The number of hydrogen-bond acceptors (Lipinski definition) is 3. The van der Waals surface area contributed by atoms with Crippen LogP contribution < -0.4 is 0 Å². The van der Waals surface area contributed by atoms with Gasteiger partial charge in [-0.2, -0.15) is 0 Å². The number of hydrogen-bond donors (Lipinski definition) is 1. The Balaban J connectivity index is 0.00000666. The van der Waals surface area contributed by atoms with Gasteiger partial charge in [0.05, 0.1) is 16.6 Å². The summed E-state index contributed by atoms with van der Waals surface area (Å²) in [5, 5.41) is 12.7. The second-order valence-corrected chi connectivity index (χ2v) is 23.4. The predicted molar refractivity (Wildman–Crippen MR) is 280 cm³/mol. The number of benzene rings is 6. The van der Waals surface area contributed by atoms with E-state index in [0.717, 1.165) is 72.5 Å². The van der Waals surface area contributed by atoms with Gasteiger partial charge in [0, 0.05) is 44.2 Å². The van der Waals surface area contributed by atoms with E-state index >= 15 is 0 Å². The van der Waals surface area contributed by atoms with Gasteiger partial charge in [0.25, 0.3) is 0 Å². The summed E-state index contributed by atoms with van der Waals surface area (Å²) < 4.78 is 2.33. The SMILES string of the molecule is CC(C)(C)c1cc(-n2c(-c3cc(C(C)(C)C)cc(C(C)(C)C)c3O)nc3c(-c4[c-]c(-c5ccccn5)ccc4)cc(-c4cc(C(C)(C)C)ccc4-c4ccccc4)cc32)cc(C(C)(C)C)c1.[Pt]. The first-order valence-electron chi connectivity index (χ1n) is 23.5. The van der Waals surface area contributed by atoms with E-state index in [1.54, 1.807) is 0 Å². The van der Waals surface area contributed by atoms with E-state index in [0.29, 0.717) is 11.4 Å². The minimum Gasteiger partial charge on any atom is -0.507 e. The molecule has 0 amide bonds. The van der Waals surface area contributed by atoms with Crippen LogP contribution in [0.1, 0.15) is 132 Å². The van der Waals surface area contributed by atoms with Crippen molar-refractivity contribution >= 4 is 11.0 Å². The molecule has 67 heavy (non-hydrogen) atoms. The Morgan fingerprint density at radius 3 is 1.63 bits per heavy atom. The van der Waals surface area contributed by atoms with Crippen LogP contribution in [0.2, 0.25) is 0 Å². The molecule has 0 bridgehead atoms. The molecule has 0 spiro atoms. The Hall–Kier alpha value is -5.57. The summed E-state index contributed by atoms with van der Waals surface area (Å²) in [6.07, 6.45) is 1.83. The molecule has 0 atom stereocenters. The molecule has 0 saturated heterocycles. The van der Waals surface area contributed by atoms with Gasteiger partial charge >= 0.3 is 0 Å². The van der Waals surface area contributed by atoms with E-state index in [1.165, 1.54) is 16.7 Å². The maximum atomic E-state index is 12.7. The van der Waals surface area contributed by atoms with Crippen molar-refractivity contribution in [2.75, 3.05) is 0 Å². The van der Waals surface area contributed by atoms with Crippen molar-refractivity contribution in [3.05, 3.63) is 167 Å². The molecule has 0 aliphatic carbocycles. The molecular weight excluding hydrogens is 998 g/mol. The summed E-state index contributed by atoms with van der Waals surface area (Å²) >= 11 is 0. The minimum absolute atomic E-state index is 0. The van der Waals surface area contributed by atoms with Crippen molar-refractivity contribution in [3.63, 3.8) is 0 Å². The van der Waals surface area contributed by atoms with Gasteiger partial charge in [0.2, 0.25) is 0 Å². The number of phenolic OH excluding ortho intramolecular Hbond substituents is 1. The van der Waals surface area contributed by atoms with Gasteiger partial charge < -0.3 is 5.11 Å². The van der Waals surface area contributed by atoms with Crippen LogP contribution >= 0.6 is 0 Å². The molecule has 0 aliphatic rings. The summed E-state index contributed by atoms with van der Waals surface area (Å²) in [6, 6.07) is 49.8. The molecule has 0 fully saturated rings. The number of fused-ring (bicyclic) bond motifs is 1. The Kier molecular flexibility index (Phi) is 13.1. The number of phenols is 1. The van der Waals surface area contributed by atoms with Crippen molar-refractivity contribution in [2.45, 2.75) is 131 Å². The number of rotatable bonds is 6. The number of aromatic nitrogens is 3. The van der Waals surface area contributed by atoms with E-state index in [4.69, 9.17) is 9.97 Å². The molecule has 0 unspecified atom stereocenters. The van der Waals surface area contributed by atoms with Crippen molar-refractivity contribution in [3.8, 4) is 67.5 Å². The van der Waals surface area contributed by atoms with Crippen LogP contribution in [-0.4, -0.2) is 19.6 Å². The Morgan fingerprint density at radius 2 is 1.04 bits per heavy atom. The summed E-state index contributed by atoms with van der Waals surface area (Å²) in [7, 11) is 0. The molecule has 0 radical (unpaired) electrons. The third-order valence-electron chi connectivity index (χ3n) is 13.0. The minimum atomic E-state index is -0.340. The van der Waals surface area contributed by atoms with Gasteiger partial charge in [-0.25, -0.2) is 4.98 Å². The van der Waals surface area contributed by atoms with Crippen LogP contribution in [0.3, 0.4) is 0 Å². The maximum Gasteiger partial charge on any atom is 0.148 e. The largest absolute Gasteiger partial charge is 0.507 e. The summed E-state index contributed by atoms with van der Waals surface area (Å²) in [6.45, 7) is 33.8. The monoisotopic (exact) mass is 1070 g/mol. The normalized spacial score (nSPS) is 12.6. The fraction of sp³-hybridized carbons (Fsp3) is 0.323. The van der Waals surface area contributed by atoms with Crippen molar-refractivity contribution in [2.24, 2.45) is 0 Å².